The van der Waals surface area contributed by atoms with Crippen molar-refractivity contribution in [3.8, 4) is 0 Å². The fourth-order valence-electron chi connectivity index (χ4n) is 1.26. The summed E-state index contributed by atoms with van der Waals surface area (Å²) in [4.78, 5) is 24.0. The van der Waals surface area contributed by atoms with Crippen LogP contribution in [0.1, 0.15) is 27.7 Å². The van der Waals surface area contributed by atoms with Crippen LogP contribution in [-0.2, 0) is 4.57 Å². The first-order chi connectivity index (χ1) is 6.59. The van der Waals surface area contributed by atoms with Gasteiger partial charge < -0.3 is 20.4 Å². The van der Waals surface area contributed by atoms with Gasteiger partial charge in [0.05, 0.1) is 0 Å². The third-order valence-electron chi connectivity index (χ3n) is 1.71. The number of nitrogens with two attached hydrogens (primary N) is 1. The van der Waals surface area contributed by atoms with E-state index >= 15 is 0 Å². The Morgan fingerprint density at radius 1 is 1.13 bits per heavy atom. The van der Waals surface area contributed by atoms with Gasteiger partial charge in [0.25, 0.3) is 0 Å². The molecule has 0 aliphatic carbocycles. The molecular formula is C8H23N2O4P. The van der Waals surface area contributed by atoms with Crippen LogP contribution in [0.4, 0.5) is 0 Å². The van der Waals surface area contributed by atoms with E-state index in [1.807, 2.05) is 0 Å². The Labute approximate surface area is 91.3 Å². The van der Waals surface area contributed by atoms with E-state index in [0.717, 1.165) is 13.1 Å². The third-order valence-corrected chi connectivity index (χ3v) is 1.71. The standard InChI is InChI=1S/C8H20N2.H3O4P/c1-7(2)10(6-5-9)8(3)4;1-5(2,3)4/h7-8H,5-6,9H2,1-4H3;(H3,1,2,3,4). The molecular weight excluding hydrogens is 219 g/mol. The predicted molar refractivity (Wildman–Crippen MR) is 60.3 cm³/mol. The molecule has 0 aromatic rings. The van der Waals surface area contributed by atoms with Crippen molar-refractivity contribution in [2.45, 2.75) is 39.8 Å². The lowest BCUT2D eigenvalue weighted by atomic mass is 10.2. The van der Waals surface area contributed by atoms with Gasteiger partial charge in [-0.15, -0.1) is 0 Å². The minimum atomic E-state index is -4.64. The summed E-state index contributed by atoms with van der Waals surface area (Å²) in [6.07, 6.45) is 0. The van der Waals surface area contributed by atoms with Crippen molar-refractivity contribution >= 4 is 7.82 Å². The fraction of sp³-hybridized carbons (Fsp3) is 1.00. The van der Waals surface area contributed by atoms with Gasteiger partial charge in [-0.3, -0.25) is 4.90 Å². The van der Waals surface area contributed by atoms with Crippen LogP contribution < -0.4 is 5.73 Å². The largest absolute Gasteiger partial charge is 0.466 e. The van der Waals surface area contributed by atoms with E-state index in [1.165, 1.54) is 0 Å². The highest BCUT2D eigenvalue weighted by Crippen LogP contribution is 2.25. The Hall–Kier alpha value is 0.0300. The summed E-state index contributed by atoms with van der Waals surface area (Å²) in [5.41, 5.74) is 5.46. The van der Waals surface area contributed by atoms with Crippen LogP contribution in [0.5, 0.6) is 0 Å². The van der Waals surface area contributed by atoms with Crippen molar-refractivity contribution in [2.75, 3.05) is 13.1 Å². The second-order valence-electron chi connectivity index (χ2n) is 3.73. The lowest BCUT2D eigenvalue weighted by molar-refractivity contribution is 0.180. The summed E-state index contributed by atoms with van der Waals surface area (Å²) in [6.45, 7) is 10.6. The van der Waals surface area contributed by atoms with Gasteiger partial charge in [-0.25, -0.2) is 4.57 Å². The molecule has 0 amide bonds. The van der Waals surface area contributed by atoms with Crippen LogP contribution in [-0.4, -0.2) is 44.8 Å². The zero-order valence-corrected chi connectivity index (χ0v) is 10.7. The molecule has 94 valence electrons. The van der Waals surface area contributed by atoms with Gasteiger partial charge >= 0.3 is 7.82 Å². The first-order valence-electron chi connectivity index (χ1n) is 4.83. The van der Waals surface area contributed by atoms with Crippen molar-refractivity contribution in [3.63, 3.8) is 0 Å². The molecule has 0 aromatic carbocycles. The maximum Gasteiger partial charge on any atom is 0.466 e. The molecule has 0 saturated heterocycles. The molecule has 7 heteroatoms. The van der Waals surface area contributed by atoms with Gasteiger partial charge in [-0.1, -0.05) is 0 Å². The summed E-state index contributed by atoms with van der Waals surface area (Å²) >= 11 is 0. The second-order valence-corrected chi connectivity index (χ2v) is 4.75. The Bertz CT molecular complexity index is 177. The minimum absolute atomic E-state index is 0.614. The van der Waals surface area contributed by atoms with Gasteiger partial charge in [0.2, 0.25) is 0 Å². The molecule has 0 rings (SSSR count). The molecule has 0 radical (unpaired) electrons. The number of nitrogens with zero attached hydrogens (tertiary/aromatic N) is 1. The summed E-state index contributed by atoms with van der Waals surface area (Å²) in [5.74, 6) is 0. The van der Waals surface area contributed by atoms with E-state index in [4.69, 9.17) is 25.0 Å². The van der Waals surface area contributed by atoms with Gasteiger partial charge in [-0.2, -0.15) is 0 Å². The van der Waals surface area contributed by atoms with Crippen molar-refractivity contribution < 1.29 is 19.2 Å². The quantitative estimate of drug-likeness (QED) is 0.522. The predicted octanol–water partition coefficient (Wildman–Crippen LogP) is 0.135. The van der Waals surface area contributed by atoms with E-state index in [-0.39, 0.29) is 0 Å². The Morgan fingerprint density at radius 3 is 1.47 bits per heavy atom. The van der Waals surface area contributed by atoms with Crippen molar-refractivity contribution in [3.05, 3.63) is 0 Å². The third kappa shape index (κ3) is 16.7. The topological polar surface area (TPSA) is 107 Å². The van der Waals surface area contributed by atoms with Crippen LogP contribution >= 0.6 is 7.82 Å². The Balaban J connectivity index is 0. The van der Waals surface area contributed by atoms with E-state index in [9.17, 15) is 0 Å². The van der Waals surface area contributed by atoms with Crippen molar-refractivity contribution in [1.82, 2.24) is 4.90 Å². The van der Waals surface area contributed by atoms with Crippen LogP contribution in [0.2, 0.25) is 0 Å². The maximum atomic E-state index is 8.88. The molecule has 0 heterocycles. The molecule has 0 aromatic heterocycles. The van der Waals surface area contributed by atoms with Crippen molar-refractivity contribution in [1.29, 1.82) is 0 Å². The number of hydrogen-bond donors (Lipinski definition) is 4. The average molecular weight is 242 g/mol. The van der Waals surface area contributed by atoms with E-state index in [2.05, 4.69) is 32.6 Å². The monoisotopic (exact) mass is 242 g/mol. The SMILES string of the molecule is CC(C)N(CCN)C(C)C.O=P(O)(O)O. The van der Waals surface area contributed by atoms with Gasteiger partial charge in [0.15, 0.2) is 0 Å². The van der Waals surface area contributed by atoms with Gasteiger partial charge in [-0.05, 0) is 27.7 Å². The minimum Gasteiger partial charge on any atom is -0.329 e. The van der Waals surface area contributed by atoms with Crippen LogP contribution in [0.15, 0.2) is 0 Å². The summed E-state index contributed by atoms with van der Waals surface area (Å²) in [7, 11) is -4.64. The summed E-state index contributed by atoms with van der Waals surface area (Å²) in [5, 5.41) is 0. The van der Waals surface area contributed by atoms with Crippen LogP contribution in [0.25, 0.3) is 0 Å². The van der Waals surface area contributed by atoms with Gasteiger partial charge in [0.1, 0.15) is 0 Å². The highest BCUT2D eigenvalue weighted by atomic mass is 31.2. The van der Waals surface area contributed by atoms with E-state index < -0.39 is 7.82 Å². The molecule has 0 atom stereocenters. The Kier molecular flexibility index (Phi) is 9.54. The molecule has 0 unspecified atom stereocenters. The lowest BCUT2D eigenvalue weighted by Crippen LogP contribution is -2.40. The maximum absolute atomic E-state index is 8.88. The molecule has 5 N–H and O–H groups in total. The highest BCUT2D eigenvalue weighted by molar-refractivity contribution is 7.45. The van der Waals surface area contributed by atoms with Crippen LogP contribution in [0, 0.1) is 0 Å². The molecule has 0 saturated carbocycles. The zero-order chi connectivity index (χ0) is 12.6. The molecule has 0 aliphatic heterocycles. The highest BCUT2D eigenvalue weighted by Gasteiger charge is 2.10. The second kappa shape index (κ2) is 8.21. The fourth-order valence-corrected chi connectivity index (χ4v) is 1.26. The molecule has 0 fully saturated rings. The van der Waals surface area contributed by atoms with Gasteiger partial charge in [0, 0.05) is 25.2 Å². The number of hydrogen-bond acceptors (Lipinski definition) is 3. The van der Waals surface area contributed by atoms with E-state index in [1.54, 1.807) is 0 Å². The molecule has 15 heavy (non-hydrogen) atoms. The molecule has 0 spiro atoms. The summed E-state index contributed by atoms with van der Waals surface area (Å²) < 4.78 is 8.88. The summed E-state index contributed by atoms with van der Waals surface area (Å²) in [6, 6.07) is 1.23. The molecule has 0 bridgehead atoms. The lowest BCUT2D eigenvalue weighted by Gasteiger charge is -2.29. The normalized spacial score (nSPS) is 11.9. The van der Waals surface area contributed by atoms with Crippen LogP contribution in [0.3, 0.4) is 0 Å². The average Bonchev–Trinajstić information content (AvgIpc) is 1.95. The number of rotatable bonds is 4. The number of phosphoric acid groups is 1. The Morgan fingerprint density at radius 2 is 1.40 bits per heavy atom. The first-order valence-corrected chi connectivity index (χ1v) is 6.40. The first kappa shape index (κ1) is 17.4. The molecule has 6 nitrogen and oxygen atoms in total. The molecule has 0 aliphatic rings. The van der Waals surface area contributed by atoms with E-state index in [0.29, 0.717) is 12.1 Å². The zero-order valence-electron chi connectivity index (χ0n) is 9.79. The smallest absolute Gasteiger partial charge is 0.329 e. The van der Waals surface area contributed by atoms with Crippen molar-refractivity contribution in [2.24, 2.45) is 5.73 Å².